The first-order chi connectivity index (χ1) is 8.58. The van der Waals surface area contributed by atoms with Crippen molar-refractivity contribution in [3.8, 4) is 0 Å². The average Bonchev–Trinajstić information content (AvgIpc) is 2.35. The van der Waals surface area contributed by atoms with Gasteiger partial charge in [-0.25, -0.2) is 0 Å². The quantitative estimate of drug-likeness (QED) is 0.609. The van der Waals surface area contributed by atoms with Gasteiger partial charge in [-0.15, -0.1) is 0 Å². The predicted octanol–water partition coefficient (Wildman–Crippen LogP) is 3.57. The topological polar surface area (TPSA) is 55.2 Å². The Bertz CT molecular complexity index is 410. The molecule has 0 fully saturated rings. The fraction of sp³-hybridized carbons (Fsp3) is 0.538. The molecule has 1 unspecified atom stereocenters. The van der Waals surface area contributed by atoms with Crippen molar-refractivity contribution in [1.82, 2.24) is 5.32 Å². The monoisotopic (exact) mass is 270 g/mol. The average molecular weight is 271 g/mol. The highest BCUT2D eigenvalue weighted by atomic mass is 35.5. The highest BCUT2D eigenvalue weighted by molar-refractivity contribution is 6.30. The predicted molar refractivity (Wildman–Crippen MR) is 74.2 cm³/mol. The number of hydrogen-bond acceptors (Lipinski definition) is 3. The van der Waals surface area contributed by atoms with E-state index in [9.17, 15) is 10.1 Å². The molecule has 18 heavy (non-hydrogen) atoms. The zero-order valence-corrected chi connectivity index (χ0v) is 11.5. The van der Waals surface area contributed by atoms with Gasteiger partial charge in [-0.1, -0.05) is 31.5 Å². The fourth-order valence-corrected chi connectivity index (χ4v) is 2.15. The summed E-state index contributed by atoms with van der Waals surface area (Å²) in [4.78, 5) is 10.6. The molecule has 0 saturated heterocycles. The van der Waals surface area contributed by atoms with Crippen LogP contribution in [0, 0.1) is 10.1 Å². The van der Waals surface area contributed by atoms with Crippen molar-refractivity contribution < 1.29 is 4.92 Å². The van der Waals surface area contributed by atoms with Crippen LogP contribution in [0.5, 0.6) is 0 Å². The third-order valence-electron chi connectivity index (χ3n) is 2.99. The van der Waals surface area contributed by atoms with Gasteiger partial charge in [0.1, 0.15) is 0 Å². The van der Waals surface area contributed by atoms with E-state index >= 15 is 0 Å². The second-order valence-electron chi connectivity index (χ2n) is 4.23. The summed E-state index contributed by atoms with van der Waals surface area (Å²) in [5, 5.41) is 14.7. The molecular weight excluding hydrogens is 252 g/mol. The largest absolute Gasteiger partial charge is 0.314 e. The smallest absolute Gasteiger partial charge is 0.274 e. The molecule has 0 amide bonds. The summed E-state index contributed by atoms with van der Waals surface area (Å²) in [6, 6.07) is 5.28. The minimum absolute atomic E-state index is 0.119. The number of nitro benzene ring substituents is 1. The Labute approximate surface area is 112 Å². The molecule has 0 aliphatic carbocycles. The normalized spacial score (nSPS) is 12.4. The van der Waals surface area contributed by atoms with Crippen molar-refractivity contribution in [3.05, 3.63) is 38.9 Å². The molecule has 0 aliphatic rings. The maximum atomic E-state index is 10.9. The molecular formula is C13H19ClN2O2. The summed E-state index contributed by atoms with van der Waals surface area (Å²) in [5.74, 6) is 0. The van der Waals surface area contributed by atoms with Gasteiger partial charge in [0.05, 0.1) is 4.92 Å². The van der Waals surface area contributed by atoms with Crippen LogP contribution in [-0.4, -0.2) is 17.5 Å². The molecule has 100 valence electrons. The summed E-state index contributed by atoms with van der Waals surface area (Å²) >= 11 is 5.78. The first-order valence-corrected chi connectivity index (χ1v) is 6.62. The van der Waals surface area contributed by atoms with Crippen LogP contribution in [-0.2, 0) is 6.42 Å². The lowest BCUT2D eigenvalue weighted by Crippen LogP contribution is -2.28. The molecule has 0 radical (unpaired) electrons. The van der Waals surface area contributed by atoms with E-state index in [0.717, 1.165) is 24.9 Å². The van der Waals surface area contributed by atoms with Crippen LogP contribution in [0.15, 0.2) is 18.2 Å². The van der Waals surface area contributed by atoms with Crippen molar-refractivity contribution >= 4 is 17.3 Å². The number of benzene rings is 1. The number of nitro groups is 1. The van der Waals surface area contributed by atoms with Gasteiger partial charge in [-0.05, 0) is 31.9 Å². The maximum absolute atomic E-state index is 10.9. The van der Waals surface area contributed by atoms with Crippen LogP contribution in [0.25, 0.3) is 0 Å². The second-order valence-corrected chi connectivity index (χ2v) is 4.67. The van der Waals surface area contributed by atoms with Crippen molar-refractivity contribution in [2.75, 3.05) is 6.54 Å². The van der Waals surface area contributed by atoms with E-state index in [0.29, 0.717) is 17.5 Å². The number of nitrogens with zero attached hydrogens (tertiary/aromatic N) is 1. The minimum Gasteiger partial charge on any atom is -0.314 e. The third-order valence-corrected chi connectivity index (χ3v) is 3.23. The molecule has 1 atom stereocenters. The minimum atomic E-state index is -0.366. The highest BCUT2D eigenvalue weighted by Gasteiger charge is 2.15. The SMILES string of the molecule is CCNC(CC)CCc1ccc(Cl)cc1[N+](=O)[O-]. The maximum Gasteiger partial charge on any atom is 0.274 e. The molecule has 5 heteroatoms. The zero-order chi connectivity index (χ0) is 13.5. The van der Waals surface area contributed by atoms with E-state index in [4.69, 9.17) is 11.6 Å². The Morgan fingerprint density at radius 2 is 2.17 bits per heavy atom. The van der Waals surface area contributed by atoms with E-state index in [-0.39, 0.29) is 10.6 Å². The summed E-state index contributed by atoms with van der Waals surface area (Å²) in [6.45, 7) is 5.10. The van der Waals surface area contributed by atoms with Gasteiger partial charge in [-0.3, -0.25) is 10.1 Å². The Kier molecular flexibility index (Phi) is 6.09. The van der Waals surface area contributed by atoms with Crippen molar-refractivity contribution in [2.24, 2.45) is 0 Å². The third kappa shape index (κ3) is 4.27. The molecule has 0 bridgehead atoms. The molecule has 0 heterocycles. The molecule has 0 aromatic heterocycles. The summed E-state index contributed by atoms with van der Waals surface area (Å²) in [5.41, 5.74) is 0.870. The molecule has 4 nitrogen and oxygen atoms in total. The van der Waals surface area contributed by atoms with Gasteiger partial charge in [-0.2, -0.15) is 0 Å². The fourth-order valence-electron chi connectivity index (χ4n) is 1.99. The number of aryl methyl sites for hydroxylation is 1. The first kappa shape index (κ1) is 14.9. The second kappa shape index (κ2) is 7.34. The van der Waals surface area contributed by atoms with Crippen LogP contribution < -0.4 is 5.32 Å². The first-order valence-electron chi connectivity index (χ1n) is 6.24. The Morgan fingerprint density at radius 3 is 2.72 bits per heavy atom. The van der Waals surface area contributed by atoms with E-state index in [1.807, 2.05) is 0 Å². The van der Waals surface area contributed by atoms with E-state index in [1.54, 1.807) is 12.1 Å². The van der Waals surface area contributed by atoms with Crippen molar-refractivity contribution in [1.29, 1.82) is 0 Å². The number of hydrogen-bond donors (Lipinski definition) is 1. The van der Waals surface area contributed by atoms with Crippen molar-refractivity contribution in [2.45, 2.75) is 39.2 Å². The summed E-state index contributed by atoms with van der Waals surface area (Å²) in [6.07, 6.45) is 2.61. The Balaban J connectivity index is 2.74. The summed E-state index contributed by atoms with van der Waals surface area (Å²) < 4.78 is 0. The molecule has 1 rings (SSSR count). The van der Waals surface area contributed by atoms with Crippen molar-refractivity contribution in [3.63, 3.8) is 0 Å². The lowest BCUT2D eigenvalue weighted by Gasteiger charge is -2.15. The van der Waals surface area contributed by atoms with Crippen LogP contribution >= 0.6 is 11.6 Å². The zero-order valence-electron chi connectivity index (χ0n) is 10.8. The van der Waals surface area contributed by atoms with Gasteiger partial charge in [0, 0.05) is 22.7 Å². The van der Waals surface area contributed by atoms with Gasteiger partial charge in [0.2, 0.25) is 0 Å². The Hall–Kier alpha value is -1.13. The van der Waals surface area contributed by atoms with Gasteiger partial charge >= 0.3 is 0 Å². The van der Waals surface area contributed by atoms with E-state index in [1.165, 1.54) is 6.07 Å². The molecule has 1 aromatic rings. The van der Waals surface area contributed by atoms with E-state index < -0.39 is 0 Å². The van der Waals surface area contributed by atoms with Gasteiger partial charge in [0.25, 0.3) is 5.69 Å². The molecule has 1 aromatic carbocycles. The van der Waals surface area contributed by atoms with Gasteiger partial charge in [0.15, 0.2) is 0 Å². The van der Waals surface area contributed by atoms with Crippen LogP contribution in [0.2, 0.25) is 5.02 Å². The number of nitrogens with one attached hydrogen (secondary N) is 1. The lowest BCUT2D eigenvalue weighted by atomic mass is 10.0. The molecule has 1 N–H and O–H groups in total. The van der Waals surface area contributed by atoms with Crippen LogP contribution in [0.3, 0.4) is 0 Å². The highest BCUT2D eigenvalue weighted by Crippen LogP contribution is 2.24. The van der Waals surface area contributed by atoms with Gasteiger partial charge < -0.3 is 5.32 Å². The molecule has 0 saturated carbocycles. The van der Waals surface area contributed by atoms with Crippen LogP contribution in [0.4, 0.5) is 5.69 Å². The number of rotatable bonds is 7. The molecule has 0 spiro atoms. The standard InChI is InChI=1S/C13H19ClN2O2/c1-3-12(15-4-2)8-6-10-5-7-11(14)9-13(10)16(17)18/h5,7,9,12,15H,3-4,6,8H2,1-2H3. The number of halogens is 1. The lowest BCUT2D eigenvalue weighted by molar-refractivity contribution is -0.385. The molecule has 0 aliphatic heterocycles. The summed E-state index contributed by atoms with van der Waals surface area (Å²) in [7, 11) is 0. The van der Waals surface area contributed by atoms with E-state index in [2.05, 4.69) is 19.2 Å². The Morgan fingerprint density at radius 1 is 1.44 bits per heavy atom. The van der Waals surface area contributed by atoms with Crippen LogP contribution in [0.1, 0.15) is 32.3 Å².